The van der Waals surface area contributed by atoms with E-state index in [1.54, 1.807) is 0 Å². The molecule has 1 atom stereocenters. The highest BCUT2D eigenvalue weighted by molar-refractivity contribution is 9.10. The van der Waals surface area contributed by atoms with Gasteiger partial charge in [0.1, 0.15) is 23.6 Å². The summed E-state index contributed by atoms with van der Waals surface area (Å²) in [5.74, 6) is -2.36. The molecule has 0 saturated carbocycles. The topological polar surface area (TPSA) is 20.2 Å². The summed E-state index contributed by atoms with van der Waals surface area (Å²) in [6.45, 7) is 0. The lowest BCUT2D eigenvalue weighted by molar-refractivity contribution is 0.207. The van der Waals surface area contributed by atoms with Crippen LogP contribution < -0.4 is 0 Å². The first kappa shape index (κ1) is 13.1. The SMILES string of the molecule is OC(c1cccc(F)c1Br)c1c(F)cccc1F. The third-order valence-corrected chi connectivity index (χ3v) is 3.39. The molecule has 18 heavy (non-hydrogen) atoms. The van der Waals surface area contributed by atoms with Crippen LogP contribution in [0.25, 0.3) is 0 Å². The van der Waals surface area contributed by atoms with Crippen molar-refractivity contribution in [1.82, 2.24) is 0 Å². The normalized spacial score (nSPS) is 12.5. The highest BCUT2D eigenvalue weighted by atomic mass is 79.9. The number of aliphatic hydroxyl groups is 1. The summed E-state index contributed by atoms with van der Waals surface area (Å²) >= 11 is 2.95. The lowest BCUT2D eigenvalue weighted by atomic mass is 10.0. The van der Waals surface area contributed by atoms with E-state index in [1.165, 1.54) is 24.3 Å². The molecule has 2 rings (SSSR count). The molecule has 0 aliphatic heterocycles. The molecule has 94 valence electrons. The zero-order chi connectivity index (χ0) is 13.3. The molecule has 0 bridgehead atoms. The maximum atomic E-state index is 13.5. The van der Waals surface area contributed by atoms with Crippen LogP contribution in [-0.2, 0) is 0 Å². The summed E-state index contributed by atoms with van der Waals surface area (Å²) in [6.07, 6.45) is -1.57. The average molecular weight is 317 g/mol. The lowest BCUT2D eigenvalue weighted by Crippen LogP contribution is -2.07. The van der Waals surface area contributed by atoms with Gasteiger partial charge in [0.25, 0.3) is 0 Å². The highest BCUT2D eigenvalue weighted by Gasteiger charge is 2.22. The molecule has 1 N–H and O–H groups in total. The molecule has 5 heteroatoms. The minimum absolute atomic E-state index is 0.0137. The van der Waals surface area contributed by atoms with Gasteiger partial charge in [-0.15, -0.1) is 0 Å². The van der Waals surface area contributed by atoms with E-state index >= 15 is 0 Å². The smallest absolute Gasteiger partial charge is 0.137 e. The Labute approximate surface area is 110 Å². The van der Waals surface area contributed by atoms with Gasteiger partial charge >= 0.3 is 0 Å². The van der Waals surface area contributed by atoms with Gasteiger partial charge < -0.3 is 5.11 Å². The van der Waals surface area contributed by atoms with Crippen molar-refractivity contribution in [3.63, 3.8) is 0 Å². The van der Waals surface area contributed by atoms with Gasteiger partial charge in [0.15, 0.2) is 0 Å². The van der Waals surface area contributed by atoms with E-state index in [4.69, 9.17) is 0 Å². The molecule has 0 radical (unpaired) electrons. The van der Waals surface area contributed by atoms with Crippen LogP contribution >= 0.6 is 15.9 Å². The van der Waals surface area contributed by atoms with Crippen LogP contribution in [0.2, 0.25) is 0 Å². The fraction of sp³-hybridized carbons (Fsp3) is 0.0769. The highest BCUT2D eigenvalue weighted by Crippen LogP contribution is 2.32. The van der Waals surface area contributed by atoms with E-state index in [2.05, 4.69) is 15.9 Å². The molecular weight excluding hydrogens is 309 g/mol. The molecule has 0 amide bonds. The van der Waals surface area contributed by atoms with Gasteiger partial charge in [-0.3, -0.25) is 0 Å². The maximum absolute atomic E-state index is 13.5. The second-order valence-electron chi connectivity index (χ2n) is 3.68. The van der Waals surface area contributed by atoms with Crippen LogP contribution in [-0.4, -0.2) is 5.11 Å². The Bertz CT molecular complexity index is 566. The van der Waals surface area contributed by atoms with Crippen molar-refractivity contribution in [3.8, 4) is 0 Å². The molecule has 0 spiro atoms. The second-order valence-corrected chi connectivity index (χ2v) is 4.47. The van der Waals surface area contributed by atoms with Gasteiger partial charge in [0.2, 0.25) is 0 Å². The third kappa shape index (κ3) is 2.28. The van der Waals surface area contributed by atoms with E-state index < -0.39 is 29.1 Å². The molecule has 2 aromatic carbocycles. The van der Waals surface area contributed by atoms with E-state index in [1.807, 2.05) is 0 Å². The van der Waals surface area contributed by atoms with Crippen molar-refractivity contribution in [2.45, 2.75) is 6.10 Å². The first-order valence-corrected chi connectivity index (χ1v) is 5.87. The van der Waals surface area contributed by atoms with Gasteiger partial charge in [-0.1, -0.05) is 18.2 Å². The van der Waals surface area contributed by atoms with Crippen LogP contribution in [0.5, 0.6) is 0 Å². The Balaban J connectivity index is 2.55. The summed E-state index contributed by atoms with van der Waals surface area (Å²) in [6, 6.07) is 7.20. The summed E-state index contributed by atoms with van der Waals surface area (Å²) in [4.78, 5) is 0. The molecule has 0 saturated heterocycles. The van der Waals surface area contributed by atoms with Gasteiger partial charge in [-0.2, -0.15) is 0 Å². The quantitative estimate of drug-likeness (QED) is 0.889. The van der Waals surface area contributed by atoms with Gasteiger partial charge in [0, 0.05) is 5.56 Å². The molecule has 0 heterocycles. The van der Waals surface area contributed by atoms with Crippen LogP contribution in [0.1, 0.15) is 17.2 Å². The Morgan fingerprint density at radius 3 is 2.00 bits per heavy atom. The summed E-state index contributed by atoms with van der Waals surface area (Å²) in [5, 5.41) is 9.98. The number of hydrogen-bond acceptors (Lipinski definition) is 1. The number of halogens is 4. The van der Waals surface area contributed by atoms with Gasteiger partial charge in [-0.25, -0.2) is 13.2 Å². The standard InChI is InChI=1S/C13H8BrF3O/c14-12-7(3-1-6-10(12)17)13(18)11-8(15)4-2-5-9(11)16/h1-6,13,18H. The molecular formula is C13H8BrF3O. The van der Waals surface area contributed by atoms with Crippen LogP contribution in [0.15, 0.2) is 40.9 Å². The fourth-order valence-electron chi connectivity index (χ4n) is 1.66. The minimum Gasteiger partial charge on any atom is -0.383 e. The Morgan fingerprint density at radius 1 is 0.889 bits per heavy atom. The van der Waals surface area contributed by atoms with Crippen molar-refractivity contribution in [3.05, 3.63) is 69.4 Å². The van der Waals surface area contributed by atoms with E-state index in [0.29, 0.717) is 0 Å². The van der Waals surface area contributed by atoms with Gasteiger partial charge in [-0.05, 0) is 34.1 Å². The zero-order valence-electron chi connectivity index (χ0n) is 9.00. The van der Waals surface area contributed by atoms with Crippen molar-refractivity contribution in [2.24, 2.45) is 0 Å². The molecule has 0 aliphatic carbocycles. The first-order chi connectivity index (χ1) is 8.52. The van der Waals surface area contributed by atoms with E-state index in [9.17, 15) is 18.3 Å². The van der Waals surface area contributed by atoms with Crippen molar-refractivity contribution in [1.29, 1.82) is 0 Å². The largest absolute Gasteiger partial charge is 0.383 e. The first-order valence-electron chi connectivity index (χ1n) is 5.08. The number of hydrogen-bond donors (Lipinski definition) is 1. The van der Waals surface area contributed by atoms with Crippen LogP contribution in [0.3, 0.4) is 0 Å². The molecule has 0 aromatic heterocycles. The Morgan fingerprint density at radius 2 is 1.39 bits per heavy atom. The van der Waals surface area contributed by atoms with Crippen LogP contribution in [0, 0.1) is 17.5 Å². The minimum atomic E-state index is -1.57. The molecule has 1 unspecified atom stereocenters. The monoisotopic (exact) mass is 316 g/mol. The number of rotatable bonds is 2. The Hall–Kier alpha value is -1.33. The van der Waals surface area contributed by atoms with E-state index in [0.717, 1.165) is 12.1 Å². The van der Waals surface area contributed by atoms with E-state index in [-0.39, 0.29) is 10.0 Å². The summed E-state index contributed by atoms with van der Waals surface area (Å²) in [7, 11) is 0. The van der Waals surface area contributed by atoms with Crippen molar-refractivity contribution in [2.75, 3.05) is 0 Å². The third-order valence-electron chi connectivity index (χ3n) is 2.55. The predicted molar refractivity (Wildman–Crippen MR) is 64.5 cm³/mol. The predicted octanol–water partition coefficient (Wildman–Crippen LogP) is 3.95. The zero-order valence-corrected chi connectivity index (χ0v) is 10.6. The maximum Gasteiger partial charge on any atom is 0.137 e. The van der Waals surface area contributed by atoms with Crippen molar-refractivity contribution < 1.29 is 18.3 Å². The fourth-order valence-corrected chi connectivity index (χ4v) is 2.14. The molecule has 0 aliphatic rings. The average Bonchev–Trinajstić information content (AvgIpc) is 2.32. The van der Waals surface area contributed by atoms with Crippen LogP contribution in [0.4, 0.5) is 13.2 Å². The Kier molecular flexibility index (Phi) is 3.73. The summed E-state index contributed by atoms with van der Waals surface area (Å²) in [5.41, 5.74) is -0.428. The molecule has 0 fully saturated rings. The molecule has 1 nitrogen and oxygen atoms in total. The number of benzene rings is 2. The molecule has 2 aromatic rings. The van der Waals surface area contributed by atoms with Gasteiger partial charge in [0.05, 0.1) is 10.0 Å². The summed E-state index contributed by atoms with van der Waals surface area (Å²) < 4.78 is 40.3. The lowest BCUT2D eigenvalue weighted by Gasteiger charge is -2.15. The number of aliphatic hydroxyl groups excluding tert-OH is 1. The van der Waals surface area contributed by atoms with Crippen molar-refractivity contribution >= 4 is 15.9 Å². The second kappa shape index (κ2) is 5.12.